The molecule has 0 aromatic carbocycles. The first-order chi connectivity index (χ1) is 11.4. The van der Waals surface area contributed by atoms with Gasteiger partial charge in [-0.15, -0.1) is 0 Å². The molecule has 9 heteroatoms. The van der Waals surface area contributed by atoms with Gasteiger partial charge in [0.05, 0.1) is 25.4 Å². The fourth-order valence-electron chi connectivity index (χ4n) is 2.97. The molecule has 130 valence electrons. The molecule has 0 saturated carbocycles. The van der Waals surface area contributed by atoms with Crippen molar-refractivity contribution >= 4 is 22.9 Å². The van der Waals surface area contributed by atoms with Crippen LogP contribution in [0.4, 0.5) is 5.82 Å². The summed E-state index contributed by atoms with van der Waals surface area (Å²) in [5.74, 6) is 0.270. The summed E-state index contributed by atoms with van der Waals surface area (Å²) in [4.78, 5) is 8.20. The summed E-state index contributed by atoms with van der Waals surface area (Å²) >= 11 is 0. The van der Waals surface area contributed by atoms with E-state index < -0.39 is 30.6 Å². The third kappa shape index (κ3) is 2.42. The second-order valence-corrected chi connectivity index (χ2v) is 5.87. The van der Waals surface area contributed by atoms with Gasteiger partial charge in [-0.1, -0.05) is 0 Å². The standard InChI is InChI=1S/C15H20N4O5/c1-15(22)11(21)9(6-20)24-14(15)19-5-8(3-4-23-2)10-12(16)17-7-18-13(10)19/h3-5,7,9,11,14,20-22H,6H2,1-2H3,(H2,16,17,18)/b4-3-/t9?,11?,14?,15-/m1/s1. The van der Waals surface area contributed by atoms with Crippen LogP contribution in [0.5, 0.6) is 0 Å². The number of ether oxygens (including phenoxy) is 2. The van der Waals surface area contributed by atoms with Crippen molar-refractivity contribution in [3.8, 4) is 0 Å². The molecule has 9 nitrogen and oxygen atoms in total. The molecule has 1 fully saturated rings. The number of aliphatic hydroxyl groups is 3. The monoisotopic (exact) mass is 336 g/mol. The van der Waals surface area contributed by atoms with Crippen LogP contribution in [0.2, 0.25) is 0 Å². The number of aromatic nitrogens is 3. The number of hydrogen-bond donors (Lipinski definition) is 4. The van der Waals surface area contributed by atoms with E-state index in [0.717, 1.165) is 0 Å². The van der Waals surface area contributed by atoms with Gasteiger partial charge in [-0.3, -0.25) is 0 Å². The number of hydrogen-bond acceptors (Lipinski definition) is 8. The molecule has 0 amide bonds. The predicted octanol–water partition coefficient (Wildman–Crippen LogP) is -0.368. The van der Waals surface area contributed by atoms with Crippen LogP contribution in [0.1, 0.15) is 18.7 Å². The summed E-state index contributed by atoms with van der Waals surface area (Å²) in [6.07, 6.45) is 3.04. The lowest BCUT2D eigenvalue weighted by Gasteiger charge is -2.27. The van der Waals surface area contributed by atoms with E-state index in [1.165, 1.54) is 26.6 Å². The molecule has 4 atom stereocenters. The Hall–Kier alpha value is -2.20. The maximum Gasteiger partial charge on any atom is 0.167 e. The van der Waals surface area contributed by atoms with Crippen molar-refractivity contribution in [3.05, 3.63) is 24.3 Å². The topological polar surface area (TPSA) is 136 Å². The molecule has 1 saturated heterocycles. The summed E-state index contributed by atoms with van der Waals surface area (Å²) in [7, 11) is 1.52. The molecule has 0 spiro atoms. The third-order valence-corrected chi connectivity index (χ3v) is 4.24. The van der Waals surface area contributed by atoms with Crippen molar-refractivity contribution in [1.29, 1.82) is 0 Å². The number of anilines is 1. The number of rotatable bonds is 4. The van der Waals surface area contributed by atoms with E-state index in [-0.39, 0.29) is 5.82 Å². The average molecular weight is 336 g/mol. The van der Waals surface area contributed by atoms with Crippen LogP contribution in [0.15, 0.2) is 18.8 Å². The first-order valence-corrected chi connectivity index (χ1v) is 7.39. The molecule has 3 rings (SSSR count). The summed E-state index contributed by atoms with van der Waals surface area (Å²) in [5, 5.41) is 30.8. The minimum absolute atomic E-state index is 0.270. The Balaban J connectivity index is 2.17. The summed E-state index contributed by atoms with van der Waals surface area (Å²) in [5.41, 5.74) is 5.45. The first-order valence-electron chi connectivity index (χ1n) is 7.39. The van der Waals surface area contributed by atoms with Crippen LogP contribution in [-0.2, 0) is 9.47 Å². The van der Waals surface area contributed by atoms with Gasteiger partial charge in [0.25, 0.3) is 0 Å². The van der Waals surface area contributed by atoms with E-state index in [1.807, 2.05) is 0 Å². The van der Waals surface area contributed by atoms with Crippen molar-refractivity contribution in [1.82, 2.24) is 14.5 Å². The second kappa shape index (κ2) is 6.02. The van der Waals surface area contributed by atoms with Crippen molar-refractivity contribution in [2.45, 2.75) is 31.0 Å². The Kier molecular flexibility index (Phi) is 4.18. The SMILES string of the molecule is CO/C=C\c1cn(C2OC(CO)C(O)[C@@]2(C)O)c2ncnc(N)c12. The predicted molar refractivity (Wildman–Crippen MR) is 85.6 cm³/mol. The smallest absolute Gasteiger partial charge is 0.167 e. The normalized spacial score (nSPS) is 30.5. The Labute approximate surface area is 138 Å². The molecule has 3 heterocycles. The van der Waals surface area contributed by atoms with E-state index in [2.05, 4.69) is 9.97 Å². The molecular formula is C15H20N4O5. The largest absolute Gasteiger partial charge is 0.504 e. The number of aliphatic hydroxyl groups excluding tert-OH is 2. The highest BCUT2D eigenvalue weighted by atomic mass is 16.6. The van der Waals surface area contributed by atoms with Gasteiger partial charge >= 0.3 is 0 Å². The molecule has 0 bridgehead atoms. The van der Waals surface area contributed by atoms with E-state index in [9.17, 15) is 15.3 Å². The van der Waals surface area contributed by atoms with Gasteiger partial charge in [0.1, 0.15) is 35.6 Å². The van der Waals surface area contributed by atoms with E-state index in [0.29, 0.717) is 16.6 Å². The lowest BCUT2D eigenvalue weighted by Crippen LogP contribution is -2.44. The number of methoxy groups -OCH3 is 1. The van der Waals surface area contributed by atoms with Gasteiger partial charge in [0.15, 0.2) is 6.23 Å². The molecular weight excluding hydrogens is 316 g/mol. The summed E-state index contributed by atoms with van der Waals surface area (Å²) < 4.78 is 12.2. The Morgan fingerprint density at radius 2 is 2.25 bits per heavy atom. The minimum atomic E-state index is -1.62. The average Bonchev–Trinajstić information content (AvgIpc) is 3.02. The molecule has 2 aromatic heterocycles. The molecule has 3 unspecified atom stereocenters. The van der Waals surface area contributed by atoms with Crippen LogP contribution in [-0.4, -0.2) is 61.4 Å². The molecule has 24 heavy (non-hydrogen) atoms. The molecule has 2 aromatic rings. The number of fused-ring (bicyclic) bond motifs is 1. The number of nitrogen functional groups attached to an aromatic ring is 1. The molecule has 1 aliphatic rings. The Morgan fingerprint density at radius 3 is 2.88 bits per heavy atom. The zero-order valence-corrected chi connectivity index (χ0v) is 13.3. The maximum atomic E-state index is 10.7. The van der Waals surface area contributed by atoms with Gasteiger partial charge in [-0.05, 0) is 13.0 Å². The van der Waals surface area contributed by atoms with Crippen LogP contribution in [0, 0.1) is 0 Å². The summed E-state index contributed by atoms with van der Waals surface area (Å²) in [6.45, 7) is 1.03. The van der Waals surface area contributed by atoms with Crippen LogP contribution in [0.25, 0.3) is 17.1 Å². The quantitative estimate of drug-likeness (QED) is 0.555. The van der Waals surface area contributed by atoms with Gasteiger partial charge in [0.2, 0.25) is 0 Å². The van der Waals surface area contributed by atoms with Crippen molar-refractivity contribution in [3.63, 3.8) is 0 Å². The Bertz CT molecular complexity index is 773. The van der Waals surface area contributed by atoms with Crippen molar-refractivity contribution in [2.75, 3.05) is 19.5 Å². The highest BCUT2D eigenvalue weighted by Crippen LogP contribution is 2.40. The van der Waals surface area contributed by atoms with Gasteiger partial charge in [-0.25, -0.2) is 9.97 Å². The molecule has 0 radical (unpaired) electrons. The second-order valence-electron chi connectivity index (χ2n) is 5.87. The van der Waals surface area contributed by atoms with Gasteiger partial charge in [-0.2, -0.15) is 0 Å². The Morgan fingerprint density at radius 1 is 1.50 bits per heavy atom. The third-order valence-electron chi connectivity index (χ3n) is 4.24. The zero-order chi connectivity index (χ0) is 17.5. The molecule has 0 aliphatic carbocycles. The lowest BCUT2D eigenvalue weighted by molar-refractivity contribution is -0.0948. The number of nitrogens with zero attached hydrogens (tertiary/aromatic N) is 3. The van der Waals surface area contributed by atoms with Crippen LogP contribution < -0.4 is 5.73 Å². The number of nitrogens with two attached hydrogens (primary N) is 1. The molecule has 1 aliphatic heterocycles. The van der Waals surface area contributed by atoms with E-state index >= 15 is 0 Å². The van der Waals surface area contributed by atoms with E-state index in [1.54, 1.807) is 16.8 Å². The van der Waals surface area contributed by atoms with Crippen molar-refractivity contribution in [2.24, 2.45) is 0 Å². The van der Waals surface area contributed by atoms with Gasteiger partial charge < -0.3 is 35.1 Å². The zero-order valence-electron chi connectivity index (χ0n) is 13.3. The first kappa shape index (κ1) is 16.7. The minimum Gasteiger partial charge on any atom is -0.504 e. The lowest BCUT2D eigenvalue weighted by atomic mass is 9.96. The maximum absolute atomic E-state index is 10.7. The van der Waals surface area contributed by atoms with E-state index in [4.69, 9.17) is 15.2 Å². The highest BCUT2D eigenvalue weighted by Gasteiger charge is 2.53. The van der Waals surface area contributed by atoms with Gasteiger partial charge in [0, 0.05) is 11.8 Å². The van der Waals surface area contributed by atoms with Crippen LogP contribution >= 0.6 is 0 Å². The summed E-state index contributed by atoms with van der Waals surface area (Å²) in [6, 6.07) is 0. The fraction of sp³-hybridized carbons (Fsp3) is 0.467. The highest BCUT2D eigenvalue weighted by molar-refractivity contribution is 5.94. The molecule has 5 N–H and O–H groups in total. The van der Waals surface area contributed by atoms with Crippen LogP contribution in [0.3, 0.4) is 0 Å². The fourth-order valence-corrected chi connectivity index (χ4v) is 2.97. The van der Waals surface area contributed by atoms with Crippen molar-refractivity contribution < 1.29 is 24.8 Å².